The first-order chi connectivity index (χ1) is 4.81. The second kappa shape index (κ2) is 3.30. The number of rotatable bonds is 0. The van der Waals surface area contributed by atoms with Crippen molar-refractivity contribution in [3.8, 4) is 0 Å². The van der Waals surface area contributed by atoms with Gasteiger partial charge in [-0.25, -0.2) is 0 Å². The zero-order valence-electron chi connectivity index (χ0n) is 6.71. The monoisotopic (exact) mass is 177 g/mol. The van der Waals surface area contributed by atoms with Gasteiger partial charge in [0.25, 0.3) is 0 Å². The molecule has 1 unspecified atom stereocenters. The summed E-state index contributed by atoms with van der Waals surface area (Å²) in [4.78, 5) is 0. The average Bonchev–Trinajstić information content (AvgIpc) is 2.46. The van der Waals surface area contributed by atoms with E-state index in [4.69, 9.17) is 10.5 Å². The number of nitrogens with two attached hydrogens (primary N) is 1. The number of hydrogen-bond donors (Lipinski definition) is 1. The molecule has 0 aromatic heterocycles. The summed E-state index contributed by atoms with van der Waals surface area (Å²) in [5, 5.41) is 0. The van der Waals surface area contributed by atoms with Crippen LogP contribution in [0.25, 0.3) is 0 Å². The maximum Gasteiger partial charge on any atom is 0.0699 e. The van der Waals surface area contributed by atoms with Gasteiger partial charge in [-0.2, -0.15) is 0 Å². The minimum Gasteiger partial charge on any atom is -0.373 e. The molecule has 3 heteroatoms. The van der Waals surface area contributed by atoms with Crippen molar-refractivity contribution in [2.45, 2.75) is 43.7 Å². The Morgan fingerprint density at radius 2 is 1.91 bits per heavy atom. The van der Waals surface area contributed by atoms with Gasteiger partial charge in [0.2, 0.25) is 0 Å². The number of ether oxygens (including phenoxy) is 1. The Kier molecular flexibility index (Phi) is 2.79. The summed E-state index contributed by atoms with van der Waals surface area (Å²) in [6.45, 7) is 0.792. The second-order valence-corrected chi connectivity index (χ2v) is 3.67. The highest BCUT2D eigenvalue weighted by molar-refractivity contribution is 5.85. The van der Waals surface area contributed by atoms with Crippen molar-refractivity contribution in [2.75, 3.05) is 6.61 Å². The average molecular weight is 178 g/mol. The Labute approximate surface area is 73.9 Å². The van der Waals surface area contributed by atoms with E-state index in [1.807, 2.05) is 0 Å². The molecule has 1 aliphatic carbocycles. The van der Waals surface area contributed by atoms with E-state index < -0.39 is 0 Å². The van der Waals surface area contributed by atoms with Crippen LogP contribution in [0.4, 0.5) is 0 Å². The lowest BCUT2D eigenvalue weighted by atomic mass is 9.97. The molecule has 2 fully saturated rings. The van der Waals surface area contributed by atoms with E-state index in [9.17, 15) is 0 Å². The van der Waals surface area contributed by atoms with Crippen molar-refractivity contribution in [3.63, 3.8) is 0 Å². The Hall–Kier alpha value is 0.210. The largest absolute Gasteiger partial charge is 0.373 e. The smallest absolute Gasteiger partial charge is 0.0699 e. The predicted molar refractivity (Wildman–Crippen MR) is 47.0 cm³/mol. The third-order valence-electron chi connectivity index (χ3n) is 2.75. The molecule has 1 saturated carbocycles. The molecule has 11 heavy (non-hydrogen) atoms. The molecule has 1 aliphatic heterocycles. The van der Waals surface area contributed by atoms with Gasteiger partial charge in [0, 0.05) is 6.04 Å². The SMILES string of the molecule is Cl.NC1COC2(CCCC2)C1. The molecule has 1 heterocycles. The quantitative estimate of drug-likeness (QED) is 0.608. The van der Waals surface area contributed by atoms with E-state index in [-0.39, 0.29) is 18.0 Å². The summed E-state index contributed by atoms with van der Waals surface area (Å²) in [5.74, 6) is 0. The lowest BCUT2D eigenvalue weighted by molar-refractivity contribution is 0.0102. The van der Waals surface area contributed by atoms with Crippen molar-refractivity contribution in [1.82, 2.24) is 0 Å². The van der Waals surface area contributed by atoms with Crippen LogP contribution in [0.5, 0.6) is 0 Å². The van der Waals surface area contributed by atoms with Gasteiger partial charge in [0.1, 0.15) is 0 Å². The van der Waals surface area contributed by atoms with E-state index in [0.29, 0.717) is 6.04 Å². The van der Waals surface area contributed by atoms with E-state index in [1.165, 1.54) is 25.7 Å². The molecule has 66 valence electrons. The van der Waals surface area contributed by atoms with Gasteiger partial charge in [0.15, 0.2) is 0 Å². The van der Waals surface area contributed by atoms with Crippen LogP contribution >= 0.6 is 12.4 Å². The molecule has 0 aromatic carbocycles. The fourth-order valence-corrected chi connectivity index (χ4v) is 2.25. The topological polar surface area (TPSA) is 35.2 Å². The van der Waals surface area contributed by atoms with Crippen molar-refractivity contribution in [1.29, 1.82) is 0 Å². The normalized spacial score (nSPS) is 34.1. The Balaban J connectivity index is 0.000000605. The summed E-state index contributed by atoms with van der Waals surface area (Å²) in [5.41, 5.74) is 6.00. The highest BCUT2D eigenvalue weighted by Crippen LogP contribution is 2.40. The number of hydrogen-bond acceptors (Lipinski definition) is 2. The third-order valence-corrected chi connectivity index (χ3v) is 2.75. The van der Waals surface area contributed by atoms with Crippen LogP contribution in [0.15, 0.2) is 0 Å². The van der Waals surface area contributed by atoms with Gasteiger partial charge in [-0.05, 0) is 19.3 Å². The molecule has 2 aliphatic rings. The van der Waals surface area contributed by atoms with E-state index in [0.717, 1.165) is 13.0 Å². The minimum atomic E-state index is 0. The molecular weight excluding hydrogens is 162 g/mol. The molecule has 2 rings (SSSR count). The van der Waals surface area contributed by atoms with Crippen LogP contribution in [0.3, 0.4) is 0 Å². The molecule has 2 nitrogen and oxygen atoms in total. The van der Waals surface area contributed by atoms with Gasteiger partial charge < -0.3 is 10.5 Å². The van der Waals surface area contributed by atoms with Crippen molar-refractivity contribution in [3.05, 3.63) is 0 Å². The van der Waals surface area contributed by atoms with Crippen LogP contribution in [-0.2, 0) is 4.74 Å². The standard InChI is InChI=1S/C8H15NO.ClH/c9-7-5-8(10-6-7)3-1-2-4-8;/h7H,1-6,9H2;1H. The summed E-state index contributed by atoms with van der Waals surface area (Å²) < 4.78 is 5.69. The summed E-state index contributed by atoms with van der Waals surface area (Å²) in [7, 11) is 0. The molecule has 0 bridgehead atoms. The van der Waals surface area contributed by atoms with Gasteiger partial charge in [0.05, 0.1) is 12.2 Å². The fraction of sp³-hybridized carbons (Fsp3) is 1.00. The van der Waals surface area contributed by atoms with Crippen molar-refractivity contribution < 1.29 is 4.74 Å². The maximum atomic E-state index is 5.76. The Morgan fingerprint density at radius 3 is 2.36 bits per heavy atom. The Morgan fingerprint density at radius 1 is 1.27 bits per heavy atom. The molecule has 1 saturated heterocycles. The first-order valence-corrected chi connectivity index (χ1v) is 4.20. The molecule has 0 amide bonds. The minimum absolute atomic E-state index is 0. The van der Waals surface area contributed by atoms with E-state index in [2.05, 4.69) is 0 Å². The highest BCUT2D eigenvalue weighted by atomic mass is 35.5. The molecule has 2 N–H and O–H groups in total. The zero-order chi connectivity index (χ0) is 7.03. The van der Waals surface area contributed by atoms with Gasteiger partial charge in [-0.15, -0.1) is 12.4 Å². The van der Waals surface area contributed by atoms with Crippen LogP contribution < -0.4 is 5.73 Å². The lowest BCUT2D eigenvalue weighted by Crippen LogP contribution is -2.25. The lowest BCUT2D eigenvalue weighted by Gasteiger charge is -2.20. The maximum absolute atomic E-state index is 5.76. The molecule has 0 aromatic rings. The summed E-state index contributed by atoms with van der Waals surface area (Å²) in [6.07, 6.45) is 6.29. The van der Waals surface area contributed by atoms with Crippen molar-refractivity contribution in [2.24, 2.45) is 5.73 Å². The van der Waals surface area contributed by atoms with Crippen LogP contribution in [0.2, 0.25) is 0 Å². The van der Waals surface area contributed by atoms with E-state index in [1.54, 1.807) is 0 Å². The second-order valence-electron chi connectivity index (χ2n) is 3.67. The predicted octanol–water partition coefficient (Wildman–Crippen LogP) is 1.47. The van der Waals surface area contributed by atoms with Crippen LogP contribution in [0.1, 0.15) is 32.1 Å². The van der Waals surface area contributed by atoms with Crippen molar-refractivity contribution >= 4 is 12.4 Å². The third kappa shape index (κ3) is 1.68. The van der Waals surface area contributed by atoms with E-state index >= 15 is 0 Å². The Bertz CT molecular complexity index is 134. The first kappa shape index (κ1) is 9.30. The zero-order valence-corrected chi connectivity index (χ0v) is 7.53. The highest BCUT2D eigenvalue weighted by Gasteiger charge is 2.40. The molecule has 1 spiro atoms. The van der Waals surface area contributed by atoms with Crippen LogP contribution in [0, 0.1) is 0 Å². The first-order valence-electron chi connectivity index (χ1n) is 4.20. The van der Waals surface area contributed by atoms with Gasteiger partial charge in [-0.1, -0.05) is 12.8 Å². The molecule has 0 radical (unpaired) electrons. The van der Waals surface area contributed by atoms with Crippen LogP contribution in [-0.4, -0.2) is 18.2 Å². The summed E-state index contributed by atoms with van der Waals surface area (Å²) >= 11 is 0. The molecular formula is C8H16ClNO. The van der Waals surface area contributed by atoms with Gasteiger partial charge >= 0.3 is 0 Å². The fourth-order valence-electron chi connectivity index (χ4n) is 2.25. The number of halogens is 1. The van der Waals surface area contributed by atoms with Gasteiger partial charge in [-0.3, -0.25) is 0 Å². The molecule has 1 atom stereocenters. The summed E-state index contributed by atoms with van der Waals surface area (Å²) in [6, 6.07) is 0.318.